The molecule has 1 aliphatic rings. The summed E-state index contributed by atoms with van der Waals surface area (Å²) in [7, 11) is 0. The van der Waals surface area contributed by atoms with Gasteiger partial charge in [0.25, 0.3) is 0 Å². The number of hydrogen-bond acceptors (Lipinski definition) is 5. The molecule has 176 valence electrons. The number of nitrogens with zero attached hydrogens (tertiary/aromatic N) is 3. The van der Waals surface area contributed by atoms with Gasteiger partial charge in [-0.15, -0.1) is 24.0 Å². The average molecular weight is 554 g/mol. The minimum atomic E-state index is -0.152. The van der Waals surface area contributed by atoms with Crippen LogP contribution in [0.25, 0.3) is 11.5 Å². The molecule has 0 aliphatic carbocycles. The van der Waals surface area contributed by atoms with E-state index < -0.39 is 0 Å². The number of unbranched alkanes of at least 4 members (excludes halogenated alkanes) is 1. The molecule has 4 N–H and O–H groups in total. The van der Waals surface area contributed by atoms with Crippen molar-refractivity contribution < 1.29 is 9.21 Å². The molecule has 32 heavy (non-hydrogen) atoms. The molecule has 8 nitrogen and oxygen atoms in total. The highest BCUT2D eigenvalue weighted by Gasteiger charge is 2.22. The van der Waals surface area contributed by atoms with E-state index in [1.165, 1.54) is 0 Å². The van der Waals surface area contributed by atoms with Gasteiger partial charge in [0.2, 0.25) is 11.8 Å². The Labute approximate surface area is 207 Å². The van der Waals surface area contributed by atoms with Gasteiger partial charge in [0.05, 0.1) is 6.54 Å². The third-order valence-corrected chi connectivity index (χ3v) is 5.50. The number of rotatable bonds is 10. The molecule has 0 spiro atoms. The van der Waals surface area contributed by atoms with Crippen LogP contribution in [0.1, 0.15) is 38.3 Å². The van der Waals surface area contributed by atoms with Gasteiger partial charge in [-0.1, -0.05) is 18.2 Å². The number of carbonyl (C=O) groups is 1. The smallest absolute Gasteiger partial charge is 0.226 e. The standard InChI is InChI=1S/C23H34N6O2.HI/c1-2-25-23(26-12-6-7-13-29-14-10-18(11-15-29)21(24)30)27-16-20-17-31-22(28-20)19-8-4-3-5-9-19;/h3-5,8-9,17-18H,2,6-7,10-16H2,1H3,(H2,24,30)(H2,25,26,27);1H. The van der Waals surface area contributed by atoms with Crippen molar-refractivity contribution in [3.05, 3.63) is 42.3 Å². The lowest BCUT2D eigenvalue weighted by Gasteiger charge is -2.30. The minimum absolute atomic E-state index is 0. The van der Waals surface area contributed by atoms with E-state index in [1.54, 1.807) is 6.26 Å². The molecule has 0 unspecified atom stereocenters. The second-order valence-corrected chi connectivity index (χ2v) is 7.86. The van der Waals surface area contributed by atoms with E-state index in [4.69, 9.17) is 10.2 Å². The maximum absolute atomic E-state index is 11.3. The number of likely N-dealkylation sites (tertiary alicyclic amines) is 1. The lowest BCUT2D eigenvalue weighted by atomic mass is 9.96. The molecule has 1 fully saturated rings. The van der Waals surface area contributed by atoms with E-state index in [1.807, 2.05) is 30.3 Å². The molecule has 0 bridgehead atoms. The lowest BCUT2D eigenvalue weighted by molar-refractivity contribution is -0.123. The van der Waals surface area contributed by atoms with Crippen molar-refractivity contribution in [2.75, 3.05) is 32.7 Å². The largest absolute Gasteiger partial charge is 0.444 e. The van der Waals surface area contributed by atoms with Gasteiger partial charge in [-0.2, -0.15) is 0 Å². The maximum Gasteiger partial charge on any atom is 0.226 e. The first kappa shape index (κ1) is 26.1. The highest BCUT2D eigenvalue weighted by molar-refractivity contribution is 14.0. The van der Waals surface area contributed by atoms with Gasteiger partial charge in [-0.25, -0.2) is 9.98 Å². The van der Waals surface area contributed by atoms with Crippen molar-refractivity contribution in [3.8, 4) is 11.5 Å². The Hall–Kier alpha value is -2.14. The van der Waals surface area contributed by atoms with Crippen LogP contribution in [-0.4, -0.2) is 54.5 Å². The Morgan fingerprint density at radius 2 is 1.97 bits per heavy atom. The predicted molar refractivity (Wildman–Crippen MR) is 138 cm³/mol. The minimum Gasteiger partial charge on any atom is -0.444 e. The third-order valence-electron chi connectivity index (χ3n) is 5.50. The summed E-state index contributed by atoms with van der Waals surface area (Å²) in [6.07, 6.45) is 5.61. The quantitative estimate of drug-likeness (QED) is 0.180. The number of nitrogens with two attached hydrogens (primary N) is 1. The maximum atomic E-state index is 11.3. The zero-order valence-electron chi connectivity index (χ0n) is 18.8. The van der Waals surface area contributed by atoms with Gasteiger partial charge < -0.3 is 25.7 Å². The number of hydrogen-bond donors (Lipinski definition) is 3. The number of primary amides is 1. The Morgan fingerprint density at radius 1 is 1.22 bits per heavy atom. The van der Waals surface area contributed by atoms with Crippen LogP contribution >= 0.6 is 24.0 Å². The molecular formula is C23H35IN6O2. The molecule has 1 aromatic heterocycles. The number of benzene rings is 1. The van der Waals surface area contributed by atoms with Crippen molar-refractivity contribution in [1.29, 1.82) is 0 Å². The summed E-state index contributed by atoms with van der Waals surface area (Å²) >= 11 is 0. The first-order valence-electron chi connectivity index (χ1n) is 11.2. The van der Waals surface area contributed by atoms with Crippen molar-refractivity contribution >= 4 is 35.8 Å². The van der Waals surface area contributed by atoms with E-state index in [2.05, 4.69) is 32.4 Å². The number of piperidine rings is 1. The first-order valence-corrected chi connectivity index (χ1v) is 11.2. The molecule has 0 atom stereocenters. The van der Waals surface area contributed by atoms with Crippen LogP contribution in [0.15, 0.2) is 46.0 Å². The average Bonchev–Trinajstić information content (AvgIpc) is 3.27. The molecule has 2 heterocycles. The highest BCUT2D eigenvalue weighted by Crippen LogP contribution is 2.18. The van der Waals surface area contributed by atoms with Crippen LogP contribution < -0.4 is 16.4 Å². The normalized spacial score (nSPS) is 15.2. The number of carbonyl (C=O) groups excluding carboxylic acids is 1. The number of halogens is 1. The summed E-state index contributed by atoms with van der Waals surface area (Å²) in [4.78, 5) is 22.8. The summed E-state index contributed by atoms with van der Waals surface area (Å²) in [5.41, 5.74) is 7.16. The van der Waals surface area contributed by atoms with E-state index in [0.29, 0.717) is 12.4 Å². The van der Waals surface area contributed by atoms with E-state index in [9.17, 15) is 4.79 Å². The number of aliphatic imine (C=N–C) groups is 1. The van der Waals surface area contributed by atoms with Gasteiger partial charge in [0, 0.05) is 24.6 Å². The third kappa shape index (κ3) is 8.42. The summed E-state index contributed by atoms with van der Waals surface area (Å²) < 4.78 is 5.58. The number of aromatic nitrogens is 1. The molecule has 9 heteroatoms. The van der Waals surface area contributed by atoms with E-state index in [0.717, 1.165) is 75.6 Å². The number of oxazole rings is 1. The fraction of sp³-hybridized carbons (Fsp3) is 0.522. The zero-order chi connectivity index (χ0) is 21.9. The molecule has 0 radical (unpaired) electrons. The molecule has 3 rings (SSSR count). The first-order chi connectivity index (χ1) is 15.2. The Bertz CT molecular complexity index is 834. The Balaban J connectivity index is 0.00000363. The molecule has 1 saturated heterocycles. The summed E-state index contributed by atoms with van der Waals surface area (Å²) in [5.74, 6) is 1.31. The Kier molecular flexibility index (Phi) is 11.5. The number of guanidine groups is 1. The summed E-state index contributed by atoms with van der Waals surface area (Å²) in [6, 6.07) is 9.86. The van der Waals surface area contributed by atoms with Crippen LogP contribution in [0.5, 0.6) is 0 Å². The number of amides is 1. The van der Waals surface area contributed by atoms with Crippen molar-refractivity contribution in [1.82, 2.24) is 20.5 Å². The van der Waals surface area contributed by atoms with Crippen LogP contribution in [0.4, 0.5) is 0 Å². The molecule has 2 aromatic rings. The zero-order valence-corrected chi connectivity index (χ0v) is 21.1. The summed E-state index contributed by atoms with van der Waals surface area (Å²) in [6.45, 7) is 7.16. The topological polar surface area (TPSA) is 109 Å². The second kappa shape index (κ2) is 14.1. The van der Waals surface area contributed by atoms with Gasteiger partial charge in [0.15, 0.2) is 5.96 Å². The van der Waals surface area contributed by atoms with E-state index >= 15 is 0 Å². The molecule has 1 amide bonds. The van der Waals surface area contributed by atoms with Gasteiger partial charge in [-0.05, 0) is 64.4 Å². The molecule has 1 aliphatic heterocycles. The van der Waals surface area contributed by atoms with Crippen LogP contribution in [-0.2, 0) is 11.3 Å². The predicted octanol–water partition coefficient (Wildman–Crippen LogP) is 2.99. The fourth-order valence-electron chi connectivity index (χ4n) is 3.70. The van der Waals surface area contributed by atoms with Crippen LogP contribution in [0.2, 0.25) is 0 Å². The van der Waals surface area contributed by atoms with Crippen LogP contribution in [0.3, 0.4) is 0 Å². The van der Waals surface area contributed by atoms with Crippen molar-refractivity contribution in [2.24, 2.45) is 16.6 Å². The van der Waals surface area contributed by atoms with Crippen molar-refractivity contribution in [3.63, 3.8) is 0 Å². The van der Waals surface area contributed by atoms with Gasteiger partial charge in [-0.3, -0.25) is 4.79 Å². The Morgan fingerprint density at radius 3 is 2.66 bits per heavy atom. The number of nitrogens with one attached hydrogen (secondary N) is 2. The second-order valence-electron chi connectivity index (χ2n) is 7.86. The van der Waals surface area contributed by atoms with Crippen LogP contribution in [0, 0.1) is 5.92 Å². The van der Waals surface area contributed by atoms with E-state index in [-0.39, 0.29) is 35.8 Å². The highest BCUT2D eigenvalue weighted by atomic mass is 127. The van der Waals surface area contributed by atoms with Gasteiger partial charge >= 0.3 is 0 Å². The lowest BCUT2D eigenvalue weighted by Crippen LogP contribution is -2.39. The molecular weight excluding hydrogens is 519 g/mol. The monoisotopic (exact) mass is 554 g/mol. The molecule has 0 saturated carbocycles. The summed E-state index contributed by atoms with van der Waals surface area (Å²) in [5, 5.41) is 6.66. The SMILES string of the molecule is CCNC(=NCc1coc(-c2ccccc2)n1)NCCCCN1CCC(C(N)=O)CC1.I. The fourth-order valence-corrected chi connectivity index (χ4v) is 3.70. The van der Waals surface area contributed by atoms with Gasteiger partial charge in [0.1, 0.15) is 12.0 Å². The van der Waals surface area contributed by atoms with Crippen molar-refractivity contribution in [2.45, 2.75) is 39.2 Å². The molecule has 1 aromatic carbocycles.